The van der Waals surface area contributed by atoms with Gasteiger partial charge in [-0.3, -0.25) is 0 Å². The van der Waals surface area contributed by atoms with Crippen molar-refractivity contribution in [2.45, 2.75) is 6.04 Å². The lowest BCUT2D eigenvalue weighted by Crippen LogP contribution is -2.49. The van der Waals surface area contributed by atoms with Gasteiger partial charge >= 0.3 is 0 Å². The summed E-state index contributed by atoms with van der Waals surface area (Å²) in [4.78, 5) is 2.52. The van der Waals surface area contributed by atoms with Crippen LogP contribution < -0.4 is 15.0 Å². The summed E-state index contributed by atoms with van der Waals surface area (Å²) in [6.07, 6.45) is 0. The third kappa shape index (κ3) is 1.61. The number of benzene rings is 1. The fraction of sp³-hybridized carbons (Fsp3) is 0.500. The van der Waals surface area contributed by atoms with Gasteiger partial charge in [-0.2, -0.15) is 11.8 Å². The van der Waals surface area contributed by atoms with Crippen molar-refractivity contribution in [2.75, 3.05) is 41.9 Å². The van der Waals surface area contributed by atoms with Crippen LogP contribution in [0.2, 0.25) is 0 Å². The Hall–Kier alpha value is -1.03. The van der Waals surface area contributed by atoms with Crippen molar-refractivity contribution in [3.63, 3.8) is 0 Å². The molecular formula is C12H16N2OS. The van der Waals surface area contributed by atoms with Crippen molar-refractivity contribution in [1.29, 1.82) is 0 Å². The van der Waals surface area contributed by atoms with E-state index in [4.69, 9.17) is 4.74 Å². The molecule has 2 aliphatic heterocycles. The molecule has 2 heterocycles. The number of nitrogens with zero attached hydrogens (tertiary/aromatic N) is 1. The maximum absolute atomic E-state index is 5.30. The number of hydrogen-bond acceptors (Lipinski definition) is 4. The molecule has 0 bridgehead atoms. The summed E-state index contributed by atoms with van der Waals surface area (Å²) in [6.45, 7) is 2.21. The highest BCUT2D eigenvalue weighted by Gasteiger charge is 2.28. The van der Waals surface area contributed by atoms with E-state index in [1.165, 1.54) is 22.9 Å². The van der Waals surface area contributed by atoms with Gasteiger partial charge in [0.1, 0.15) is 5.75 Å². The topological polar surface area (TPSA) is 24.5 Å². The average Bonchev–Trinajstić information content (AvgIpc) is 2.38. The van der Waals surface area contributed by atoms with Crippen molar-refractivity contribution < 1.29 is 4.74 Å². The van der Waals surface area contributed by atoms with Gasteiger partial charge in [-0.1, -0.05) is 0 Å². The van der Waals surface area contributed by atoms with Crippen molar-refractivity contribution in [2.24, 2.45) is 0 Å². The van der Waals surface area contributed by atoms with Gasteiger partial charge < -0.3 is 15.0 Å². The van der Waals surface area contributed by atoms with Crippen LogP contribution in [0.1, 0.15) is 0 Å². The number of thioether (sulfide) groups is 1. The number of fused-ring (bicyclic) bond motifs is 3. The molecule has 2 aliphatic rings. The van der Waals surface area contributed by atoms with E-state index in [1.54, 1.807) is 7.11 Å². The van der Waals surface area contributed by atoms with Crippen molar-refractivity contribution in [3.8, 4) is 5.75 Å². The van der Waals surface area contributed by atoms with Crippen LogP contribution in [0.3, 0.4) is 0 Å². The number of ether oxygens (including phenoxy) is 1. The van der Waals surface area contributed by atoms with Crippen LogP contribution in [0.4, 0.5) is 11.4 Å². The molecule has 0 amide bonds. The smallest absolute Gasteiger partial charge is 0.121 e. The molecule has 1 atom stereocenters. The van der Waals surface area contributed by atoms with Gasteiger partial charge in [0.25, 0.3) is 0 Å². The summed E-state index contributed by atoms with van der Waals surface area (Å²) in [5.41, 5.74) is 2.54. The predicted octanol–water partition coefficient (Wildman–Crippen LogP) is 2.04. The first-order valence-electron chi connectivity index (χ1n) is 5.65. The van der Waals surface area contributed by atoms with E-state index in [0.717, 1.165) is 18.8 Å². The maximum Gasteiger partial charge on any atom is 0.121 e. The van der Waals surface area contributed by atoms with Gasteiger partial charge in [0.05, 0.1) is 24.5 Å². The Morgan fingerprint density at radius 2 is 2.44 bits per heavy atom. The van der Waals surface area contributed by atoms with E-state index in [2.05, 4.69) is 34.1 Å². The fourth-order valence-electron chi connectivity index (χ4n) is 2.39. The monoisotopic (exact) mass is 236 g/mol. The summed E-state index contributed by atoms with van der Waals surface area (Å²) in [7, 11) is 1.72. The zero-order valence-electron chi connectivity index (χ0n) is 9.40. The summed E-state index contributed by atoms with van der Waals surface area (Å²) in [5.74, 6) is 3.40. The van der Waals surface area contributed by atoms with Crippen LogP contribution >= 0.6 is 11.8 Å². The van der Waals surface area contributed by atoms with Gasteiger partial charge in [0.15, 0.2) is 0 Å². The minimum Gasteiger partial charge on any atom is -0.497 e. The Bertz CT molecular complexity index is 397. The quantitative estimate of drug-likeness (QED) is 0.806. The Balaban J connectivity index is 1.98. The molecule has 1 fully saturated rings. The highest BCUT2D eigenvalue weighted by Crippen LogP contribution is 2.36. The number of methoxy groups -OCH3 is 1. The zero-order chi connectivity index (χ0) is 11.0. The normalized spacial score (nSPS) is 23.1. The van der Waals surface area contributed by atoms with Crippen LogP contribution in [-0.4, -0.2) is 37.7 Å². The number of hydrogen-bond donors (Lipinski definition) is 1. The predicted molar refractivity (Wildman–Crippen MR) is 69.9 cm³/mol. The van der Waals surface area contributed by atoms with Crippen LogP contribution in [-0.2, 0) is 0 Å². The molecule has 86 valence electrons. The summed E-state index contributed by atoms with van der Waals surface area (Å²) >= 11 is 2.05. The van der Waals surface area contributed by atoms with Crippen LogP contribution in [0.15, 0.2) is 18.2 Å². The minimum atomic E-state index is 0.637. The van der Waals surface area contributed by atoms with Crippen LogP contribution in [0.5, 0.6) is 5.75 Å². The molecule has 3 nitrogen and oxygen atoms in total. The van der Waals surface area contributed by atoms with Crippen molar-refractivity contribution in [3.05, 3.63) is 18.2 Å². The summed E-state index contributed by atoms with van der Waals surface area (Å²) in [5, 5.41) is 3.50. The van der Waals surface area contributed by atoms with Crippen LogP contribution in [0.25, 0.3) is 0 Å². The molecule has 0 spiro atoms. The van der Waals surface area contributed by atoms with E-state index < -0.39 is 0 Å². The molecule has 1 saturated heterocycles. The lowest BCUT2D eigenvalue weighted by Gasteiger charge is -2.42. The molecule has 4 heteroatoms. The van der Waals surface area contributed by atoms with Crippen LogP contribution in [0, 0.1) is 0 Å². The van der Waals surface area contributed by atoms with Gasteiger partial charge in [-0.05, 0) is 12.1 Å². The Morgan fingerprint density at radius 1 is 1.50 bits per heavy atom. The second-order valence-electron chi connectivity index (χ2n) is 4.19. The SMILES string of the molecule is COc1ccc2c(c1)N1CCSCC1CN2. The molecule has 16 heavy (non-hydrogen) atoms. The average molecular weight is 236 g/mol. The number of rotatable bonds is 1. The summed E-state index contributed by atoms with van der Waals surface area (Å²) < 4.78 is 5.30. The first kappa shape index (κ1) is 10.1. The Kier molecular flexibility index (Phi) is 2.59. The van der Waals surface area contributed by atoms with Crippen molar-refractivity contribution >= 4 is 23.1 Å². The van der Waals surface area contributed by atoms with E-state index >= 15 is 0 Å². The van der Waals surface area contributed by atoms with E-state index in [0.29, 0.717) is 6.04 Å². The Labute approximate surface area is 100 Å². The molecule has 0 aliphatic carbocycles. The first-order valence-corrected chi connectivity index (χ1v) is 6.80. The third-order valence-corrected chi connectivity index (χ3v) is 4.36. The lowest BCUT2D eigenvalue weighted by atomic mass is 10.1. The second kappa shape index (κ2) is 4.09. The third-order valence-electron chi connectivity index (χ3n) is 3.27. The molecule has 0 saturated carbocycles. The van der Waals surface area contributed by atoms with Gasteiger partial charge in [-0.15, -0.1) is 0 Å². The van der Waals surface area contributed by atoms with Gasteiger partial charge in [0.2, 0.25) is 0 Å². The zero-order valence-corrected chi connectivity index (χ0v) is 10.2. The van der Waals surface area contributed by atoms with Crippen molar-refractivity contribution in [1.82, 2.24) is 0 Å². The molecule has 0 radical (unpaired) electrons. The minimum absolute atomic E-state index is 0.637. The Morgan fingerprint density at radius 3 is 3.31 bits per heavy atom. The molecule has 1 N–H and O–H groups in total. The molecule has 1 aromatic carbocycles. The van der Waals surface area contributed by atoms with E-state index in [1.807, 2.05) is 6.07 Å². The molecule has 0 aromatic heterocycles. The standard InChI is InChI=1S/C12H16N2OS/c1-15-10-2-3-11-12(6-10)14-4-5-16-8-9(14)7-13-11/h2-3,6,9,13H,4-5,7-8H2,1H3. The van der Waals surface area contributed by atoms with E-state index in [-0.39, 0.29) is 0 Å². The largest absolute Gasteiger partial charge is 0.497 e. The highest BCUT2D eigenvalue weighted by molar-refractivity contribution is 7.99. The molecule has 1 unspecified atom stereocenters. The fourth-order valence-corrected chi connectivity index (χ4v) is 3.46. The molecule has 1 aromatic rings. The van der Waals surface area contributed by atoms with Gasteiger partial charge in [-0.25, -0.2) is 0 Å². The highest BCUT2D eigenvalue weighted by atomic mass is 32.2. The maximum atomic E-state index is 5.30. The summed E-state index contributed by atoms with van der Waals surface area (Å²) in [6, 6.07) is 6.92. The molecular weight excluding hydrogens is 220 g/mol. The van der Waals surface area contributed by atoms with Gasteiger partial charge in [0, 0.05) is 30.7 Å². The lowest BCUT2D eigenvalue weighted by molar-refractivity contribution is 0.414. The van der Waals surface area contributed by atoms with E-state index in [9.17, 15) is 0 Å². The number of anilines is 2. The number of nitrogens with one attached hydrogen (secondary N) is 1. The second-order valence-corrected chi connectivity index (χ2v) is 5.34. The molecule has 3 rings (SSSR count). The first-order chi connectivity index (χ1) is 7.88.